The topological polar surface area (TPSA) is 69.7 Å². The first-order chi connectivity index (χ1) is 13.1. The summed E-state index contributed by atoms with van der Waals surface area (Å²) in [7, 11) is 0. The summed E-state index contributed by atoms with van der Waals surface area (Å²) in [6.45, 7) is 1.18. The van der Waals surface area contributed by atoms with Gasteiger partial charge in [0.1, 0.15) is 12.4 Å². The van der Waals surface area contributed by atoms with E-state index in [1.807, 2.05) is 0 Å². The van der Waals surface area contributed by atoms with Crippen LogP contribution in [0.15, 0.2) is 48.5 Å². The molecule has 6 nitrogen and oxygen atoms in total. The molecule has 2 aromatic carbocycles. The van der Waals surface area contributed by atoms with E-state index in [0.29, 0.717) is 36.3 Å². The molecule has 0 bridgehead atoms. The maximum Gasteiger partial charge on any atom is 0.262 e. The van der Waals surface area contributed by atoms with Gasteiger partial charge in [-0.1, -0.05) is 24.3 Å². The molecule has 0 aliphatic carbocycles. The number of imide groups is 1. The van der Waals surface area contributed by atoms with E-state index < -0.39 is 11.8 Å². The average Bonchev–Trinajstić information content (AvgIpc) is 2.93. The fraction of sp³-hybridized carbons (Fsp3) is 0.250. The summed E-state index contributed by atoms with van der Waals surface area (Å²) in [5.41, 5.74) is 1.31. The van der Waals surface area contributed by atoms with Gasteiger partial charge in [0.15, 0.2) is 0 Å². The highest BCUT2D eigenvalue weighted by Gasteiger charge is 2.38. The molecule has 1 saturated heterocycles. The van der Waals surface area contributed by atoms with Crippen molar-refractivity contribution in [3.8, 4) is 0 Å². The van der Waals surface area contributed by atoms with Crippen molar-refractivity contribution in [2.24, 2.45) is 0 Å². The van der Waals surface area contributed by atoms with Crippen molar-refractivity contribution in [3.05, 3.63) is 71.0 Å². The van der Waals surface area contributed by atoms with E-state index in [2.05, 4.69) is 5.32 Å². The van der Waals surface area contributed by atoms with Gasteiger partial charge in [0.25, 0.3) is 11.8 Å². The Bertz CT molecular complexity index is 895. The summed E-state index contributed by atoms with van der Waals surface area (Å²) in [6, 6.07) is 12.3. The number of nitrogens with one attached hydrogen (secondary N) is 1. The minimum absolute atomic E-state index is 0.317. The molecule has 0 aromatic heterocycles. The van der Waals surface area contributed by atoms with Crippen molar-refractivity contribution in [1.29, 1.82) is 0 Å². The summed E-state index contributed by atoms with van der Waals surface area (Å²) in [6.07, 6.45) is 0. The van der Waals surface area contributed by atoms with Gasteiger partial charge >= 0.3 is 0 Å². The third-order valence-corrected chi connectivity index (χ3v) is 4.97. The van der Waals surface area contributed by atoms with E-state index in [1.165, 1.54) is 12.1 Å². The van der Waals surface area contributed by atoms with Crippen LogP contribution in [0.2, 0.25) is 0 Å². The van der Waals surface area contributed by atoms with Gasteiger partial charge in [-0.2, -0.15) is 0 Å². The molecule has 0 spiro atoms. The molecule has 1 unspecified atom stereocenters. The fourth-order valence-electron chi connectivity index (χ4n) is 3.62. The van der Waals surface area contributed by atoms with Crippen LogP contribution in [0.3, 0.4) is 0 Å². The minimum atomic E-state index is -0.457. The quantitative estimate of drug-likeness (QED) is 0.837. The second-order valence-electron chi connectivity index (χ2n) is 6.60. The zero-order valence-corrected chi connectivity index (χ0v) is 14.5. The van der Waals surface area contributed by atoms with Crippen LogP contribution in [-0.2, 0) is 4.79 Å². The Kier molecular flexibility index (Phi) is 4.45. The lowest BCUT2D eigenvalue weighted by atomic mass is 10.0. The monoisotopic (exact) mass is 367 g/mol. The highest BCUT2D eigenvalue weighted by Crippen LogP contribution is 2.26. The zero-order valence-electron chi connectivity index (χ0n) is 14.5. The van der Waals surface area contributed by atoms with E-state index in [4.69, 9.17) is 0 Å². The molecule has 3 amide bonds. The van der Waals surface area contributed by atoms with Crippen molar-refractivity contribution in [2.45, 2.75) is 6.04 Å². The van der Waals surface area contributed by atoms with Crippen LogP contribution < -0.4 is 5.32 Å². The van der Waals surface area contributed by atoms with Gasteiger partial charge in [0.2, 0.25) is 5.91 Å². The number of piperazine rings is 1. The van der Waals surface area contributed by atoms with Gasteiger partial charge in [-0.25, -0.2) is 4.39 Å². The Morgan fingerprint density at radius 3 is 2.44 bits per heavy atom. The number of rotatable bonds is 3. The molecule has 0 saturated carbocycles. The van der Waals surface area contributed by atoms with Gasteiger partial charge in [0, 0.05) is 19.6 Å². The minimum Gasteiger partial charge on any atom is -0.332 e. The zero-order chi connectivity index (χ0) is 19.0. The van der Waals surface area contributed by atoms with Crippen LogP contribution in [0.25, 0.3) is 0 Å². The molecule has 2 aromatic rings. The summed E-state index contributed by atoms with van der Waals surface area (Å²) in [4.78, 5) is 40.5. The normalized spacial score (nSPS) is 19.4. The van der Waals surface area contributed by atoms with Crippen molar-refractivity contribution >= 4 is 17.7 Å². The molecule has 27 heavy (non-hydrogen) atoms. The summed E-state index contributed by atoms with van der Waals surface area (Å²) in [5, 5.41) is 3.20. The highest BCUT2D eigenvalue weighted by molar-refractivity contribution is 6.22. The van der Waals surface area contributed by atoms with Crippen molar-refractivity contribution in [1.82, 2.24) is 15.1 Å². The fourth-order valence-corrected chi connectivity index (χ4v) is 3.62. The van der Waals surface area contributed by atoms with E-state index in [0.717, 1.165) is 4.90 Å². The summed E-state index contributed by atoms with van der Waals surface area (Å²) in [5.74, 6) is -1.62. The van der Waals surface area contributed by atoms with E-state index in [1.54, 1.807) is 41.3 Å². The van der Waals surface area contributed by atoms with Crippen molar-refractivity contribution in [2.75, 3.05) is 26.2 Å². The lowest BCUT2D eigenvalue weighted by Gasteiger charge is -2.37. The molecule has 1 atom stereocenters. The first kappa shape index (κ1) is 17.4. The average molecular weight is 367 g/mol. The molecule has 2 aliphatic rings. The smallest absolute Gasteiger partial charge is 0.262 e. The lowest BCUT2D eigenvalue weighted by Crippen LogP contribution is -2.52. The first-order valence-electron chi connectivity index (χ1n) is 8.77. The molecule has 4 rings (SSSR count). The molecular weight excluding hydrogens is 349 g/mol. The lowest BCUT2D eigenvalue weighted by molar-refractivity contribution is -0.134. The Morgan fingerprint density at radius 2 is 1.78 bits per heavy atom. The Morgan fingerprint density at radius 1 is 1.07 bits per heavy atom. The second-order valence-corrected chi connectivity index (χ2v) is 6.60. The van der Waals surface area contributed by atoms with Crippen LogP contribution >= 0.6 is 0 Å². The number of benzene rings is 2. The number of amides is 3. The van der Waals surface area contributed by atoms with Gasteiger partial charge in [0.05, 0.1) is 17.2 Å². The Balaban J connectivity index is 1.55. The van der Waals surface area contributed by atoms with Gasteiger partial charge in [-0.15, -0.1) is 0 Å². The van der Waals surface area contributed by atoms with Crippen LogP contribution in [0.4, 0.5) is 4.39 Å². The number of hydrogen-bond acceptors (Lipinski definition) is 4. The third kappa shape index (κ3) is 3.10. The molecule has 2 heterocycles. The number of hydrogen-bond donors (Lipinski definition) is 1. The number of carbonyl (C=O) groups excluding carboxylic acids is 3. The largest absolute Gasteiger partial charge is 0.332 e. The van der Waals surface area contributed by atoms with Gasteiger partial charge in [-0.3, -0.25) is 19.3 Å². The number of carbonyl (C=O) groups is 3. The second kappa shape index (κ2) is 6.92. The summed E-state index contributed by atoms with van der Waals surface area (Å²) >= 11 is 0. The van der Waals surface area contributed by atoms with Crippen LogP contribution in [0, 0.1) is 5.82 Å². The van der Waals surface area contributed by atoms with Crippen molar-refractivity contribution < 1.29 is 18.8 Å². The molecule has 1 fully saturated rings. The Hall–Kier alpha value is -3.06. The third-order valence-electron chi connectivity index (χ3n) is 4.97. The molecule has 2 aliphatic heterocycles. The molecule has 0 radical (unpaired) electrons. The number of halogens is 1. The Labute approximate surface area is 155 Å². The van der Waals surface area contributed by atoms with Gasteiger partial charge in [-0.05, 0) is 29.8 Å². The maximum absolute atomic E-state index is 13.6. The van der Waals surface area contributed by atoms with Gasteiger partial charge < -0.3 is 10.2 Å². The standard InChI is InChI=1S/C20H18FN3O3/c21-14-5-3-4-13(10-14)17-11-22-8-9-23(17)18(25)12-24-19(26)15-6-1-2-7-16(15)20(24)27/h1-7,10,17,22H,8-9,11-12H2. The predicted octanol–water partition coefficient (Wildman–Crippen LogP) is 1.59. The first-order valence-corrected chi connectivity index (χ1v) is 8.77. The number of nitrogens with zero attached hydrogens (tertiary/aromatic N) is 2. The van der Waals surface area contributed by atoms with E-state index >= 15 is 0 Å². The van der Waals surface area contributed by atoms with E-state index in [9.17, 15) is 18.8 Å². The van der Waals surface area contributed by atoms with Crippen LogP contribution in [-0.4, -0.2) is 53.7 Å². The SMILES string of the molecule is O=C1c2ccccc2C(=O)N1CC(=O)N1CCNCC1c1cccc(F)c1. The maximum atomic E-state index is 13.6. The molecule has 1 N–H and O–H groups in total. The predicted molar refractivity (Wildman–Crippen MR) is 95.5 cm³/mol. The van der Waals surface area contributed by atoms with Crippen LogP contribution in [0.1, 0.15) is 32.3 Å². The number of fused-ring (bicyclic) bond motifs is 1. The molecular formula is C20H18FN3O3. The van der Waals surface area contributed by atoms with Crippen molar-refractivity contribution in [3.63, 3.8) is 0 Å². The van der Waals surface area contributed by atoms with Crippen LogP contribution in [0.5, 0.6) is 0 Å². The summed E-state index contributed by atoms with van der Waals surface area (Å²) < 4.78 is 13.6. The molecule has 138 valence electrons. The van der Waals surface area contributed by atoms with E-state index in [-0.39, 0.29) is 24.3 Å². The highest BCUT2D eigenvalue weighted by atomic mass is 19.1. The molecule has 7 heteroatoms.